The minimum Gasteiger partial charge on any atom is -0.328 e. The maximum Gasteiger partial charge on any atom is 0.264 e. The summed E-state index contributed by atoms with van der Waals surface area (Å²) in [6.45, 7) is 0.666. The molecule has 1 aliphatic heterocycles. The van der Waals surface area contributed by atoms with Crippen LogP contribution in [0.1, 0.15) is 34.4 Å². The zero-order valence-corrected chi connectivity index (χ0v) is 13.5. The Balaban J connectivity index is 1.60. The van der Waals surface area contributed by atoms with Gasteiger partial charge in [0.1, 0.15) is 5.82 Å². The first-order valence-corrected chi connectivity index (χ1v) is 8.50. The molecule has 3 aromatic rings. The van der Waals surface area contributed by atoms with Gasteiger partial charge in [0, 0.05) is 25.0 Å². The van der Waals surface area contributed by atoms with E-state index in [1.807, 2.05) is 18.2 Å². The summed E-state index contributed by atoms with van der Waals surface area (Å²) in [5, 5.41) is 6.84. The van der Waals surface area contributed by atoms with Crippen molar-refractivity contribution in [1.82, 2.24) is 25.1 Å². The smallest absolute Gasteiger partial charge is 0.264 e. The molecule has 0 radical (unpaired) electrons. The molecule has 0 aliphatic carbocycles. The van der Waals surface area contributed by atoms with E-state index in [-0.39, 0.29) is 17.5 Å². The minimum atomic E-state index is -0.197. The van der Waals surface area contributed by atoms with Gasteiger partial charge in [0.15, 0.2) is 0 Å². The molecule has 0 saturated carbocycles. The predicted molar refractivity (Wildman–Crippen MR) is 89.8 cm³/mol. The summed E-state index contributed by atoms with van der Waals surface area (Å²) in [6.07, 6.45) is 4.87. The molecule has 4 rings (SSSR count). The highest BCUT2D eigenvalue weighted by molar-refractivity contribution is 7.17. The van der Waals surface area contributed by atoms with E-state index in [1.54, 1.807) is 11.1 Å². The van der Waals surface area contributed by atoms with E-state index in [2.05, 4.69) is 20.2 Å². The fraction of sp³-hybridized carbons (Fsp3) is 0.250. The normalized spacial score (nSPS) is 17.3. The van der Waals surface area contributed by atoms with Crippen LogP contribution in [-0.4, -0.2) is 37.5 Å². The highest BCUT2D eigenvalue weighted by Gasteiger charge is 2.32. The molecule has 7 nitrogen and oxygen atoms in total. The molecule has 24 heavy (non-hydrogen) atoms. The van der Waals surface area contributed by atoms with Crippen LogP contribution in [0.4, 0.5) is 0 Å². The molecule has 2 N–H and O–H groups in total. The molecule has 1 amide bonds. The number of amides is 1. The van der Waals surface area contributed by atoms with Crippen molar-refractivity contribution in [2.45, 2.75) is 18.9 Å². The summed E-state index contributed by atoms with van der Waals surface area (Å²) in [5.74, 6) is 0.526. The van der Waals surface area contributed by atoms with Gasteiger partial charge in [-0.3, -0.25) is 14.7 Å². The van der Waals surface area contributed by atoms with Crippen LogP contribution >= 0.6 is 11.3 Å². The number of aromatic nitrogens is 4. The first-order valence-electron chi connectivity index (χ1n) is 7.68. The van der Waals surface area contributed by atoms with Crippen LogP contribution in [-0.2, 0) is 0 Å². The van der Waals surface area contributed by atoms with Crippen LogP contribution in [0.3, 0.4) is 0 Å². The SMILES string of the molecule is O=C(c1ccc(-c2ccn[nH]2)s1)N1CCCC1c1nccc(=O)[nH]1. The molecule has 122 valence electrons. The summed E-state index contributed by atoms with van der Waals surface area (Å²) < 4.78 is 0. The van der Waals surface area contributed by atoms with Gasteiger partial charge in [-0.1, -0.05) is 0 Å². The van der Waals surface area contributed by atoms with Gasteiger partial charge in [-0.05, 0) is 31.0 Å². The highest BCUT2D eigenvalue weighted by atomic mass is 32.1. The number of hydrogen-bond donors (Lipinski definition) is 2. The number of thiophene rings is 1. The maximum atomic E-state index is 12.9. The van der Waals surface area contributed by atoms with Gasteiger partial charge in [-0.2, -0.15) is 5.10 Å². The lowest BCUT2D eigenvalue weighted by molar-refractivity contribution is 0.0734. The molecule has 0 spiro atoms. The zero-order valence-electron chi connectivity index (χ0n) is 12.7. The Labute approximate surface area is 141 Å². The first-order chi connectivity index (χ1) is 11.7. The molecule has 1 fully saturated rings. The summed E-state index contributed by atoms with van der Waals surface area (Å²) in [6, 6.07) is 6.82. The Bertz CT molecular complexity index is 914. The number of carbonyl (C=O) groups is 1. The van der Waals surface area contributed by atoms with Gasteiger partial charge in [0.05, 0.1) is 21.5 Å². The van der Waals surface area contributed by atoms with Gasteiger partial charge >= 0.3 is 0 Å². The van der Waals surface area contributed by atoms with Crippen LogP contribution in [0.15, 0.2) is 41.5 Å². The number of hydrogen-bond acceptors (Lipinski definition) is 5. The van der Waals surface area contributed by atoms with Crippen molar-refractivity contribution in [3.63, 3.8) is 0 Å². The van der Waals surface area contributed by atoms with Crippen molar-refractivity contribution in [2.75, 3.05) is 6.54 Å². The average molecular weight is 341 g/mol. The number of carbonyl (C=O) groups excluding carboxylic acids is 1. The maximum absolute atomic E-state index is 12.9. The highest BCUT2D eigenvalue weighted by Crippen LogP contribution is 2.33. The fourth-order valence-corrected chi connectivity index (χ4v) is 3.92. The van der Waals surface area contributed by atoms with Crippen molar-refractivity contribution < 1.29 is 4.79 Å². The van der Waals surface area contributed by atoms with Crippen LogP contribution in [0.2, 0.25) is 0 Å². The van der Waals surface area contributed by atoms with Gasteiger partial charge in [0.25, 0.3) is 11.5 Å². The molecular weight excluding hydrogens is 326 g/mol. The Morgan fingerprint density at radius 3 is 2.96 bits per heavy atom. The number of aromatic amines is 2. The molecular formula is C16H15N5O2S. The van der Waals surface area contributed by atoms with E-state index in [9.17, 15) is 9.59 Å². The Hall–Kier alpha value is -2.74. The molecule has 1 aliphatic rings. The lowest BCUT2D eigenvalue weighted by Gasteiger charge is -2.23. The standard InChI is InChI=1S/C16H15N5O2S/c22-14-6-7-17-15(19-14)11-2-1-9-21(11)16(23)13-4-3-12(24-13)10-5-8-18-20-10/h3-8,11H,1-2,9H2,(H,18,20)(H,17,19,22). The molecule has 1 saturated heterocycles. The first kappa shape index (κ1) is 14.8. The molecule has 0 bridgehead atoms. The van der Waals surface area contributed by atoms with E-state index in [0.29, 0.717) is 17.2 Å². The molecule has 4 heterocycles. The largest absolute Gasteiger partial charge is 0.328 e. The average Bonchev–Trinajstić information content (AvgIpc) is 3.33. The van der Waals surface area contributed by atoms with Crippen molar-refractivity contribution in [1.29, 1.82) is 0 Å². The van der Waals surface area contributed by atoms with E-state index < -0.39 is 0 Å². The van der Waals surface area contributed by atoms with E-state index in [0.717, 1.165) is 23.4 Å². The summed E-state index contributed by atoms with van der Waals surface area (Å²) in [4.78, 5) is 34.8. The van der Waals surface area contributed by atoms with Crippen molar-refractivity contribution in [3.05, 3.63) is 57.7 Å². The van der Waals surface area contributed by atoms with Crippen molar-refractivity contribution in [3.8, 4) is 10.6 Å². The second kappa shape index (κ2) is 6.04. The third kappa shape index (κ3) is 2.65. The van der Waals surface area contributed by atoms with Crippen molar-refractivity contribution in [2.24, 2.45) is 0 Å². The molecule has 3 aromatic heterocycles. The fourth-order valence-electron chi connectivity index (χ4n) is 2.98. The van der Waals surface area contributed by atoms with Gasteiger partial charge in [0.2, 0.25) is 0 Å². The monoisotopic (exact) mass is 341 g/mol. The second-order valence-corrected chi connectivity index (χ2v) is 6.69. The summed E-state index contributed by atoms with van der Waals surface area (Å²) in [5.41, 5.74) is 0.697. The predicted octanol–water partition coefficient (Wildman–Crippen LogP) is 2.20. The topological polar surface area (TPSA) is 94.7 Å². The third-order valence-corrected chi connectivity index (χ3v) is 5.21. The van der Waals surface area contributed by atoms with E-state index >= 15 is 0 Å². The number of H-pyrrole nitrogens is 2. The lowest BCUT2D eigenvalue weighted by atomic mass is 10.2. The molecule has 1 atom stereocenters. The van der Waals surface area contributed by atoms with Crippen molar-refractivity contribution >= 4 is 17.2 Å². The van der Waals surface area contributed by atoms with Gasteiger partial charge in [-0.25, -0.2) is 4.98 Å². The van der Waals surface area contributed by atoms with E-state index in [1.165, 1.54) is 23.6 Å². The molecule has 0 aromatic carbocycles. The summed E-state index contributed by atoms with van der Waals surface area (Å²) in [7, 11) is 0. The van der Waals surface area contributed by atoms with Crippen LogP contribution in [0.5, 0.6) is 0 Å². The van der Waals surface area contributed by atoms with Gasteiger partial charge < -0.3 is 9.88 Å². The zero-order chi connectivity index (χ0) is 16.5. The number of likely N-dealkylation sites (tertiary alicyclic amines) is 1. The van der Waals surface area contributed by atoms with Crippen LogP contribution in [0, 0.1) is 0 Å². The second-order valence-electron chi connectivity index (χ2n) is 5.61. The third-order valence-electron chi connectivity index (χ3n) is 4.10. The quantitative estimate of drug-likeness (QED) is 0.763. The number of rotatable bonds is 3. The Morgan fingerprint density at radius 1 is 1.25 bits per heavy atom. The molecule has 1 unspecified atom stereocenters. The van der Waals surface area contributed by atoms with Crippen LogP contribution in [0.25, 0.3) is 10.6 Å². The van der Waals surface area contributed by atoms with Crippen LogP contribution < -0.4 is 5.56 Å². The number of nitrogens with one attached hydrogen (secondary N) is 2. The Kier molecular flexibility index (Phi) is 3.73. The number of nitrogens with zero attached hydrogens (tertiary/aromatic N) is 3. The van der Waals surface area contributed by atoms with E-state index in [4.69, 9.17) is 0 Å². The summed E-state index contributed by atoms with van der Waals surface area (Å²) >= 11 is 1.43. The minimum absolute atomic E-state index is 0.0280. The van der Waals surface area contributed by atoms with Gasteiger partial charge in [-0.15, -0.1) is 11.3 Å². The molecule has 8 heteroatoms. The lowest BCUT2D eigenvalue weighted by Crippen LogP contribution is -2.31. The Morgan fingerprint density at radius 2 is 2.17 bits per heavy atom.